The number of aryl methyl sites for hydroxylation is 2. The van der Waals surface area contributed by atoms with Crippen LogP contribution in [0.5, 0.6) is 0 Å². The Morgan fingerprint density at radius 2 is 1.77 bits per heavy atom. The number of hydrogen-bond donors (Lipinski definition) is 2. The summed E-state index contributed by atoms with van der Waals surface area (Å²) in [7, 11) is -3.16. The SMILES string of the molecule is COC(=O)c1c(C)oc(C)c1S(=O)(=O)N[C@@H](C(=O)O)C(C)C. The zero-order valence-corrected chi connectivity index (χ0v) is 13.8. The van der Waals surface area contributed by atoms with E-state index in [0.717, 1.165) is 7.11 Å². The Bertz CT molecular complexity index is 687. The van der Waals surface area contributed by atoms with Gasteiger partial charge in [-0.3, -0.25) is 4.79 Å². The summed E-state index contributed by atoms with van der Waals surface area (Å²) < 4.78 is 36.8. The lowest BCUT2D eigenvalue weighted by molar-refractivity contribution is -0.140. The molecule has 0 aromatic carbocycles. The van der Waals surface area contributed by atoms with Crippen molar-refractivity contribution in [2.24, 2.45) is 5.92 Å². The van der Waals surface area contributed by atoms with Crippen LogP contribution >= 0.6 is 0 Å². The monoisotopic (exact) mass is 333 g/mol. The van der Waals surface area contributed by atoms with Crippen LogP contribution in [-0.4, -0.2) is 38.6 Å². The van der Waals surface area contributed by atoms with Gasteiger partial charge in [0.2, 0.25) is 10.0 Å². The first kappa shape index (κ1) is 18.2. The minimum Gasteiger partial charge on any atom is -0.480 e. The van der Waals surface area contributed by atoms with E-state index >= 15 is 0 Å². The van der Waals surface area contributed by atoms with Gasteiger partial charge in [0.15, 0.2) is 0 Å². The molecule has 8 nitrogen and oxygen atoms in total. The molecular formula is C13H19NO7S. The van der Waals surface area contributed by atoms with Gasteiger partial charge in [-0.05, 0) is 19.8 Å². The summed E-state index contributed by atoms with van der Waals surface area (Å²) in [5.41, 5.74) is -0.236. The zero-order chi connectivity index (χ0) is 17.2. The number of hydrogen-bond acceptors (Lipinski definition) is 6. The number of methoxy groups -OCH3 is 1. The Hall–Kier alpha value is -1.87. The van der Waals surface area contributed by atoms with Crippen molar-refractivity contribution in [3.63, 3.8) is 0 Å². The molecule has 0 aliphatic carbocycles. The van der Waals surface area contributed by atoms with Crippen LogP contribution in [0.1, 0.15) is 35.7 Å². The van der Waals surface area contributed by atoms with Gasteiger partial charge in [0, 0.05) is 0 Å². The summed E-state index contributed by atoms with van der Waals surface area (Å²) in [5.74, 6) is -2.59. The average molecular weight is 333 g/mol. The van der Waals surface area contributed by atoms with Crippen molar-refractivity contribution in [1.82, 2.24) is 4.72 Å². The number of carbonyl (C=O) groups excluding carboxylic acids is 1. The molecule has 0 fully saturated rings. The van der Waals surface area contributed by atoms with Gasteiger partial charge in [-0.2, -0.15) is 4.72 Å². The topological polar surface area (TPSA) is 123 Å². The molecule has 2 N–H and O–H groups in total. The van der Waals surface area contributed by atoms with Crippen LogP contribution in [0.3, 0.4) is 0 Å². The number of ether oxygens (including phenoxy) is 1. The van der Waals surface area contributed by atoms with Crippen LogP contribution in [0.25, 0.3) is 0 Å². The molecule has 22 heavy (non-hydrogen) atoms. The Morgan fingerprint density at radius 1 is 1.23 bits per heavy atom. The van der Waals surface area contributed by atoms with Gasteiger partial charge in [-0.25, -0.2) is 13.2 Å². The normalized spacial score (nSPS) is 13.2. The average Bonchev–Trinajstić information content (AvgIpc) is 2.70. The highest BCUT2D eigenvalue weighted by Gasteiger charge is 2.35. The number of aliphatic carboxylic acids is 1. The third kappa shape index (κ3) is 3.47. The van der Waals surface area contributed by atoms with E-state index in [1.54, 1.807) is 13.8 Å². The number of carboxylic acids is 1. The molecule has 0 saturated carbocycles. The van der Waals surface area contributed by atoms with Crippen molar-refractivity contribution in [2.45, 2.75) is 38.6 Å². The summed E-state index contributed by atoms with van der Waals surface area (Å²) in [6.07, 6.45) is 0. The van der Waals surface area contributed by atoms with Crippen LogP contribution in [-0.2, 0) is 19.6 Å². The number of esters is 1. The lowest BCUT2D eigenvalue weighted by Gasteiger charge is -2.18. The number of furan rings is 1. The van der Waals surface area contributed by atoms with Gasteiger partial charge in [-0.1, -0.05) is 13.8 Å². The molecule has 0 saturated heterocycles. The van der Waals surface area contributed by atoms with Crippen LogP contribution in [0.4, 0.5) is 0 Å². The molecule has 1 aromatic heterocycles. The van der Waals surface area contributed by atoms with Crippen LogP contribution < -0.4 is 4.72 Å². The summed E-state index contributed by atoms with van der Waals surface area (Å²) in [5, 5.41) is 9.11. The fourth-order valence-corrected chi connectivity index (χ4v) is 3.76. The molecule has 1 aromatic rings. The van der Waals surface area contributed by atoms with Gasteiger partial charge in [0.25, 0.3) is 0 Å². The number of carboxylic acid groups (broad SMARTS) is 1. The van der Waals surface area contributed by atoms with E-state index in [1.807, 2.05) is 0 Å². The molecular weight excluding hydrogens is 314 g/mol. The van der Waals surface area contributed by atoms with E-state index in [1.165, 1.54) is 13.8 Å². The van der Waals surface area contributed by atoms with Crippen molar-refractivity contribution >= 4 is 22.0 Å². The van der Waals surface area contributed by atoms with E-state index in [4.69, 9.17) is 9.52 Å². The zero-order valence-electron chi connectivity index (χ0n) is 13.0. The lowest BCUT2D eigenvalue weighted by atomic mass is 10.1. The van der Waals surface area contributed by atoms with Crippen molar-refractivity contribution in [1.29, 1.82) is 0 Å². The first-order valence-corrected chi connectivity index (χ1v) is 7.94. The van der Waals surface area contributed by atoms with E-state index in [-0.39, 0.29) is 17.1 Å². The van der Waals surface area contributed by atoms with Crippen molar-refractivity contribution in [2.75, 3.05) is 7.11 Å². The molecule has 1 atom stereocenters. The van der Waals surface area contributed by atoms with E-state index in [0.29, 0.717) is 0 Å². The molecule has 1 rings (SSSR count). The molecule has 0 aliphatic heterocycles. The molecule has 0 unspecified atom stereocenters. The fourth-order valence-electron chi connectivity index (χ4n) is 2.02. The summed E-state index contributed by atoms with van der Waals surface area (Å²) >= 11 is 0. The number of rotatable bonds is 6. The van der Waals surface area contributed by atoms with Gasteiger partial charge < -0.3 is 14.3 Å². The van der Waals surface area contributed by atoms with Crippen LogP contribution in [0, 0.1) is 19.8 Å². The Morgan fingerprint density at radius 3 is 2.18 bits per heavy atom. The Balaban J connectivity index is 3.41. The third-order valence-corrected chi connectivity index (χ3v) is 4.67. The molecule has 9 heteroatoms. The molecule has 0 amide bonds. The first-order chi connectivity index (χ1) is 10.0. The van der Waals surface area contributed by atoms with Crippen molar-refractivity contribution < 1.29 is 32.3 Å². The standard InChI is InChI=1S/C13H19NO7S/c1-6(2)10(12(15)16)14-22(18,19)11-8(4)21-7(3)9(11)13(17)20-5/h6,10,14H,1-5H3,(H,15,16)/t10-/m1/s1. The highest BCUT2D eigenvalue weighted by molar-refractivity contribution is 7.89. The largest absolute Gasteiger partial charge is 0.480 e. The van der Waals surface area contributed by atoms with Gasteiger partial charge in [-0.15, -0.1) is 0 Å². The minimum atomic E-state index is -4.27. The fraction of sp³-hybridized carbons (Fsp3) is 0.538. The second-order valence-electron chi connectivity index (χ2n) is 5.09. The van der Waals surface area contributed by atoms with E-state index in [2.05, 4.69) is 9.46 Å². The van der Waals surface area contributed by atoms with Gasteiger partial charge >= 0.3 is 11.9 Å². The maximum Gasteiger partial charge on any atom is 0.342 e. The summed E-state index contributed by atoms with van der Waals surface area (Å²) in [6, 6.07) is -1.33. The second kappa shape index (κ2) is 6.49. The third-order valence-electron chi connectivity index (χ3n) is 3.08. The van der Waals surface area contributed by atoms with E-state index < -0.39 is 38.8 Å². The smallest absolute Gasteiger partial charge is 0.342 e. The van der Waals surface area contributed by atoms with E-state index in [9.17, 15) is 18.0 Å². The molecule has 0 radical (unpaired) electrons. The molecule has 0 aliphatic rings. The maximum atomic E-state index is 12.5. The molecule has 1 heterocycles. The van der Waals surface area contributed by atoms with Gasteiger partial charge in [0.05, 0.1) is 7.11 Å². The Labute approximate surface area is 128 Å². The predicted molar refractivity (Wildman–Crippen MR) is 76.1 cm³/mol. The maximum absolute atomic E-state index is 12.5. The highest BCUT2D eigenvalue weighted by atomic mass is 32.2. The quantitative estimate of drug-likeness (QED) is 0.746. The molecule has 124 valence electrons. The first-order valence-electron chi connectivity index (χ1n) is 6.46. The summed E-state index contributed by atoms with van der Waals surface area (Å²) in [6.45, 7) is 5.93. The van der Waals surface area contributed by atoms with Gasteiger partial charge in [0.1, 0.15) is 28.0 Å². The highest BCUT2D eigenvalue weighted by Crippen LogP contribution is 2.27. The Kier molecular flexibility index (Phi) is 5.36. The van der Waals surface area contributed by atoms with Crippen LogP contribution in [0.15, 0.2) is 9.31 Å². The molecule has 0 spiro atoms. The lowest BCUT2D eigenvalue weighted by Crippen LogP contribution is -2.44. The second-order valence-corrected chi connectivity index (χ2v) is 6.74. The molecule has 0 bridgehead atoms. The number of sulfonamides is 1. The van der Waals surface area contributed by atoms with Crippen molar-refractivity contribution in [3.05, 3.63) is 17.1 Å². The summed E-state index contributed by atoms with van der Waals surface area (Å²) in [4.78, 5) is 22.6. The number of carbonyl (C=O) groups is 2. The number of nitrogens with one attached hydrogen (secondary N) is 1. The van der Waals surface area contributed by atoms with Crippen molar-refractivity contribution in [3.8, 4) is 0 Å². The minimum absolute atomic E-state index is 0.0155. The van der Waals surface area contributed by atoms with Crippen LogP contribution in [0.2, 0.25) is 0 Å². The predicted octanol–water partition coefficient (Wildman–Crippen LogP) is 1.07.